The van der Waals surface area contributed by atoms with Gasteiger partial charge >= 0.3 is 0 Å². The van der Waals surface area contributed by atoms with E-state index in [1.165, 1.54) is 22.9 Å². The predicted molar refractivity (Wildman–Crippen MR) is 58.5 cm³/mol. The molecular weight excluding hydrogens is 224 g/mol. The molecule has 0 aromatic heterocycles. The molecule has 66 valence electrons. The van der Waals surface area contributed by atoms with E-state index >= 15 is 0 Å². The summed E-state index contributed by atoms with van der Waals surface area (Å²) in [4.78, 5) is 0. The van der Waals surface area contributed by atoms with E-state index in [-0.39, 0.29) is 0 Å². The Morgan fingerprint density at radius 2 is 2.15 bits per heavy atom. The zero-order valence-electron chi connectivity index (χ0n) is 7.39. The summed E-state index contributed by atoms with van der Waals surface area (Å²) in [6.45, 7) is 0. The monoisotopic (exact) mass is 234 g/mol. The Labute approximate surface area is 87.5 Å². The fourth-order valence-electron chi connectivity index (χ4n) is 1.65. The number of rotatable bonds is 1. The average molecular weight is 235 g/mol. The van der Waals surface area contributed by atoms with E-state index in [0.717, 1.165) is 6.42 Å². The van der Waals surface area contributed by atoms with Gasteiger partial charge in [0.25, 0.3) is 0 Å². The van der Waals surface area contributed by atoms with Crippen LogP contribution in [-0.4, -0.2) is 0 Å². The Balaban J connectivity index is 2.32. The van der Waals surface area contributed by atoms with Crippen molar-refractivity contribution in [3.63, 3.8) is 0 Å². The third-order valence-electron chi connectivity index (χ3n) is 2.35. The maximum atomic E-state index is 3.56. The van der Waals surface area contributed by atoms with Gasteiger partial charge in [-0.15, -0.1) is 5.92 Å². The lowest BCUT2D eigenvalue weighted by Crippen LogP contribution is -2.00. The highest BCUT2D eigenvalue weighted by Crippen LogP contribution is 2.29. The molecular formula is C12H11Br. The van der Waals surface area contributed by atoms with Gasteiger partial charge in [0.15, 0.2) is 0 Å². The zero-order valence-corrected chi connectivity index (χ0v) is 8.97. The molecule has 1 aromatic carbocycles. The van der Waals surface area contributed by atoms with Crippen molar-refractivity contribution in [2.75, 3.05) is 0 Å². The Morgan fingerprint density at radius 1 is 1.31 bits per heavy atom. The minimum absolute atomic E-state index is 0.448. The van der Waals surface area contributed by atoms with Crippen molar-refractivity contribution in [1.82, 2.24) is 0 Å². The number of benzene rings is 1. The molecule has 0 bridgehead atoms. The minimum atomic E-state index is 0.448. The van der Waals surface area contributed by atoms with Crippen molar-refractivity contribution in [2.45, 2.75) is 25.2 Å². The molecule has 0 heterocycles. The molecule has 0 nitrogen and oxygen atoms in total. The second-order valence-electron chi connectivity index (χ2n) is 3.29. The van der Waals surface area contributed by atoms with Crippen LogP contribution in [0.2, 0.25) is 0 Å². The van der Waals surface area contributed by atoms with Crippen molar-refractivity contribution in [1.29, 1.82) is 0 Å². The summed E-state index contributed by atoms with van der Waals surface area (Å²) in [5.41, 5.74) is 1.34. The van der Waals surface area contributed by atoms with Gasteiger partial charge in [0.2, 0.25) is 0 Å². The topological polar surface area (TPSA) is 0 Å². The molecule has 0 amide bonds. The zero-order chi connectivity index (χ0) is 9.10. The minimum Gasteiger partial charge on any atom is -0.103 e. The van der Waals surface area contributed by atoms with Gasteiger partial charge in [-0.1, -0.05) is 40.0 Å². The Bertz CT molecular complexity index is 357. The van der Waals surface area contributed by atoms with Crippen molar-refractivity contribution >= 4 is 15.9 Å². The molecule has 1 aliphatic carbocycles. The summed E-state index contributed by atoms with van der Waals surface area (Å²) in [6.07, 6.45) is 3.51. The highest BCUT2D eigenvalue weighted by atomic mass is 79.9. The first kappa shape index (κ1) is 8.84. The molecule has 0 saturated heterocycles. The molecule has 0 N–H and O–H groups in total. The largest absolute Gasteiger partial charge is 0.103 e. The van der Waals surface area contributed by atoms with E-state index in [0.29, 0.717) is 5.92 Å². The van der Waals surface area contributed by atoms with E-state index in [1.807, 2.05) is 6.07 Å². The Hall–Kier alpha value is -0.740. The molecule has 1 unspecified atom stereocenters. The van der Waals surface area contributed by atoms with Crippen molar-refractivity contribution in [3.05, 3.63) is 34.3 Å². The highest BCUT2D eigenvalue weighted by Gasteiger charge is 2.12. The molecule has 0 fully saturated rings. The number of hydrogen-bond donors (Lipinski definition) is 0. The smallest absolute Gasteiger partial charge is 0.0463 e. The lowest BCUT2D eigenvalue weighted by atomic mass is 9.91. The van der Waals surface area contributed by atoms with Gasteiger partial charge in [0.1, 0.15) is 0 Å². The van der Waals surface area contributed by atoms with Crippen LogP contribution in [0.15, 0.2) is 28.7 Å². The van der Waals surface area contributed by atoms with Gasteiger partial charge in [-0.3, -0.25) is 0 Å². The van der Waals surface area contributed by atoms with E-state index in [1.54, 1.807) is 0 Å². The molecule has 0 aliphatic heterocycles. The summed E-state index contributed by atoms with van der Waals surface area (Å²) in [7, 11) is 0. The normalized spacial score (nSPS) is 20.5. The standard InChI is InChI=1S/C12H11Br/c13-12-9-5-4-8-11(12)10-6-2-1-3-7-10/h4-5,8-10H,1-2,6H2. The van der Waals surface area contributed by atoms with E-state index in [4.69, 9.17) is 0 Å². The van der Waals surface area contributed by atoms with Crippen molar-refractivity contribution in [2.24, 2.45) is 0 Å². The lowest BCUT2D eigenvalue weighted by molar-refractivity contribution is 0.684. The number of halogens is 1. The van der Waals surface area contributed by atoms with Crippen LogP contribution in [0.3, 0.4) is 0 Å². The predicted octanol–water partition coefficient (Wildman–Crippen LogP) is 3.72. The van der Waals surface area contributed by atoms with E-state index in [2.05, 4.69) is 46.0 Å². The van der Waals surface area contributed by atoms with Gasteiger partial charge in [-0.25, -0.2) is 0 Å². The Kier molecular flexibility index (Phi) is 2.71. The maximum absolute atomic E-state index is 3.56. The molecule has 0 spiro atoms. The summed E-state index contributed by atoms with van der Waals surface area (Å²) in [5.74, 6) is 6.93. The highest BCUT2D eigenvalue weighted by molar-refractivity contribution is 9.10. The second kappa shape index (κ2) is 3.98. The maximum Gasteiger partial charge on any atom is 0.0463 e. The van der Waals surface area contributed by atoms with Gasteiger partial charge in [-0.2, -0.15) is 0 Å². The first-order valence-electron chi connectivity index (χ1n) is 4.61. The van der Waals surface area contributed by atoms with Gasteiger partial charge in [0, 0.05) is 16.8 Å². The van der Waals surface area contributed by atoms with E-state index in [9.17, 15) is 0 Å². The average Bonchev–Trinajstić information content (AvgIpc) is 2.20. The van der Waals surface area contributed by atoms with Crippen LogP contribution >= 0.6 is 15.9 Å². The fraction of sp³-hybridized carbons (Fsp3) is 0.333. The van der Waals surface area contributed by atoms with Crippen LogP contribution in [0.25, 0.3) is 0 Å². The molecule has 1 atom stereocenters. The SMILES string of the molecule is Brc1ccccc1C1C#CCCC1. The van der Waals surface area contributed by atoms with Crippen LogP contribution < -0.4 is 0 Å². The summed E-state index contributed by atoms with van der Waals surface area (Å²) >= 11 is 3.56. The number of hydrogen-bond acceptors (Lipinski definition) is 0. The quantitative estimate of drug-likeness (QED) is 0.651. The lowest BCUT2D eigenvalue weighted by Gasteiger charge is -2.14. The molecule has 1 aliphatic rings. The second-order valence-corrected chi connectivity index (χ2v) is 4.14. The van der Waals surface area contributed by atoms with Crippen LogP contribution in [-0.2, 0) is 0 Å². The van der Waals surface area contributed by atoms with Crippen molar-refractivity contribution in [3.8, 4) is 11.8 Å². The van der Waals surface area contributed by atoms with Crippen LogP contribution in [0.4, 0.5) is 0 Å². The Morgan fingerprint density at radius 3 is 2.85 bits per heavy atom. The van der Waals surface area contributed by atoms with Crippen molar-refractivity contribution < 1.29 is 0 Å². The van der Waals surface area contributed by atoms with Gasteiger partial charge < -0.3 is 0 Å². The molecule has 1 aromatic rings. The van der Waals surface area contributed by atoms with Crippen LogP contribution in [0.5, 0.6) is 0 Å². The summed E-state index contributed by atoms with van der Waals surface area (Å²) in [5, 5.41) is 0. The molecule has 2 rings (SSSR count). The molecule has 13 heavy (non-hydrogen) atoms. The fourth-order valence-corrected chi connectivity index (χ4v) is 2.21. The van der Waals surface area contributed by atoms with Gasteiger partial charge in [-0.05, 0) is 24.5 Å². The third-order valence-corrected chi connectivity index (χ3v) is 3.07. The first-order valence-corrected chi connectivity index (χ1v) is 5.40. The molecule has 0 radical (unpaired) electrons. The first-order chi connectivity index (χ1) is 6.38. The third kappa shape index (κ3) is 1.95. The van der Waals surface area contributed by atoms with Gasteiger partial charge in [0.05, 0.1) is 0 Å². The summed E-state index contributed by atoms with van der Waals surface area (Å²) < 4.78 is 1.19. The summed E-state index contributed by atoms with van der Waals surface area (Å²) in [6, 6.07) is 8.38. The van der Waals surface area contributed by atoms with Crippen LogP contribution in [0, 0.1) is 11.8 Å². The molecule has 0 saturated carbocycles. The van der Waals surface area contributed by atoms with Crippen LogP contribution in [0.1, 0.15) is 30.7 Å². The molecule has 1 heteroatoms. The van der Waals surface area contributed by atoms with E-state index < -0.39 is 0 Å².